The lowest BCUT2D eigenvalue weighted by molar-refractivity contribution is -0.131. The highest BCUT2D eigenvalue weighted by Crippen LogP contribution is 2.43. The number of hydrogen-bond acceptors (Lipinski definition) is 3. The average Bonchev–Trinajstić information content (AvgIpc) is 3.24. The lowest BCUT2D eigenvalue weighted by atomic mass is 9.89. The van der Waals surface area contributed by atoms with Crippen molar-refractivity contribution in [2.45, 2.75) is 19.4 Å². The zero-order valence-electron chi connectivity index (χ0n) is 15.9. The van der Waals surface area contributed by atoms with Crippen LogP contribution in [0.15, 0.2) is 48.5 Å². The molecule has 2 saturated heterocycles. The van der Waals surface area contributed by atoms with E-state index in [1.54, 1.807) is 12.1 Å². The standard InChI is InChI=1S/C22H25FN2O2.ClH/c1-2-27-19-8-6-15(7-9-19)10-21(26)25-14-17-12-24-13-20(17)22(25)16-4-3-5-18(23)11-16;/h3-9,11,17,20,22,24H,2,10,12-14H2,1H3;1H/t17-,20-,22+;/m0./s1. The van der Waals surface area contributed by atoms with E-state index in [4.69, 9.17) is 4.74 Å². The lowest BCUT2D eigenvalue weighted by Gasteiger charge is -2.28. The smallest absolute Gasteiger partial charge is 0.227 e. The van der Waals surface area contributed by atoms with Crippen LogP contribution in [0.1, 0.15) is 24.1 Å². The van der Waals surface area contributed by atoms with Gasteiger partial charge in [0, 0.05) is 25.6 Å². The Morgan fingerprint density at radius 1 is 1.21 bits per heavy atom. The zero-order chi connectivity index (χ0) is 18.8. The number of halogens is 2. The molecule has 2 aromatic carbocycles. The van der Waals surface area contributed by atoms with Crippen molar-refractivity contribution < 1.29 is 13.9 Å². The molecule has 0 saturated carbocycles. The van der Waals surface area contributed by atoms with Gasteiger partial charge < -0.3 is 15.0 Å². The molecule has 4 nitrogen and oxygen atoms in total. The van der Waals surface area contributed by atoms with Crippen LogP contribution in [-0.2, 0) is 11.2 Å². The molecule has 2 aliphatic heterocycles. The molecule has 2 fully saturated rings. The average molecular weight is 405 g/mol. The van der Waals surface area contributed by atoms with Crippen molar-refractivity contribution in [1.82, 2.24) is 10.2 Å². The van der Waals surface area contributed by atoms with Gasteiger partial charge in [0.1, 0.15) is 11.6 Å². The third-order valence-electron chi connectivity index (χ3n) is 5.66. The monoisotopic (exact) mass is 404 g/mol. The fraction of sp³-hybridized carbons (Fsp3) is 0.409. The summed E-state index contributed by atoms with van der Waals surface area (Å²) in [6.07, 6.45) is 0.352. The van der Waals surface area contributed by atoms with Crippen LogP contribution in [0.3, 0.4) is 0 Å². The van der Waals surface area contributed by atoms with Gasteiger partial charge in [0.25, 0.3) is 0 Å². The minimum absolute atomic E-state index is 0. The van der Waals surface area contributed by atoms with Gasteiger partial charge in [-0.25, -0.2) is 4.39 Å². The van der Waals surface area contributed by atoms with Gasteiger partial charge in [0.15, 0.2) is 0 Å². The Kier molecular flexibility index (Phi) is 6.57. The molecular weight excluding hydrogens is 379 g/mol. The van der Waals surface area contributed by atoms with Gasteiger partial charge in [-0.2, -0.15) is 0 Å². The van der Waals surface area contributed by atoms with E-state index in [0.29, 0.717) is 24.9 Å². The summed E-state index contributed by atoms with van der Waals surface area (Å²) in [5, 5.41) is 3.42. The van der Waals surface area contributed by atoms with Crippen LogP contribution in [-0.4, -0.2) is 37.0 Å². The second-order valence-corrected chi connectivity index (χ2v) is 7.38. The van der Waals surface area contributed by atoms with Crippen molar-refractivity contribution in [3.8, 4) is 5.75 Å². The molecule has 6 heteroatoms. The number of carbonyl (C=O) groups excluding carboxylic acids is 1. The first-order chi connectivity index (χ1) is 13.2. The Labute approximate surface area is 171 Å². The van der Waals surface area contributed by atoms with E-state index in [1.165, 1.54) is 6.07 Å². The molecule has 2 aromatic rings. The SMILES string of the molecule is CCOc1ccc(CC(=O)N2C[C@@H]3CNC[C@@H]3[C@H]2c2cccc(F)c2)cc1.Cl. The van der Waals surface area contributed by atoms with E-state index in [9.17, 15) is 9.18 Å². The third kappa shape index (κ3) is 4.15. The number of amides is 1. The number of likely N-dealkylation sites (tertiary alicyclic amines) is 1. The summed E-state index contributed by atoms with van der Waals surface area (Å²) < 4.78 is 19.3. The van der Waals surface area contributed by atoms with Crippen molar-refractivity contribution in [1.29, 1.82) is 0 Å². The number of ether oxygens (including phenoxy) is 1. The molecule has 2 heterocycles. The molecule has 150 valence electrons. The maximum atomic E-state index is 13.8. The first-order valence-electron chi connectivity index (χ1n) is 9.63. The van der Waals surface area contributed by atoms with Gasteiger partial charge in [-0.3, -0.25) is 4.79 Å². The van der Waals surface area contributed by atoms with Crippen molar-refractivity contribution in [3.63, 3.8) is 0 Å². The molecule has 4 rings (SSSR count). The van der Waals surface area contributed by atoms with Crippen molar-refractivity contribution >= 4 is 18.3 Å². The molecule has 1 N–H and O–H groups in total. The highest BCUT2D eigenvalue weighted by atomic mass is 35.5. The molecule has 1 amide bonds. The number of hydrogen-bond donors (Lipinski definition) is 1. The Bertz CT molecular complexity index is 814. The summed E-state index contributed by atoms with van der Waals surface area (Å²) in [7, 11) is 0. The molecule has 0 unspecified atom stereocenters. The fourth-order valence-corrected chi connectivity index (χ4v) is 4.44. The first kappa shape index (κ1) is 20.6. The maximum absolute atomic E-state index is 13.8. The summed E-state index contributed by atoms with van der Waals surface area (Å²) in [5.41, 5.74) is 1.86. The van der Waals surface area contributed by atoms with Crippen molar-refractivity contribution in [2.24, 2.45) is 11.8 Å². The lowest BCUT2D eigenvalue weighted by Crippen LogP contribution is -2.35. The van der Waals surface area contributed by atoms with Gasteiger partial charge in [0.05, 0.1) is 19.1 Å². The number of nitrogens with zero attached hydrogens (tertiary/aromatic N) is 1. The molecule has 0 aromatic heterocycles. The molecule has 0 bridgehead atoms. The van der Waals surface area contributed by atoms with E-state index in [2.05, 4.69) is 5.32 Å². The van der Waals surface area contributed by atoms with Crippen LogP contribution in [0.4, 0.5) is 4.39 Å². The van der Waals surface area contributed by atoms with E-state index >= 15 is 0 Å². The maximum Gasteiger partial charge on any atom is 0.227 e. The summed E-state index contributed by atoms with van der Waals surface area (Å²) >= 11 is 0. The van der Waals surface area contributed by atoms with E-state index in [1.807, 2.05) is 42.2 Å². The molecule has 2 aliphatic rings. The van der Waals surface area contributed by atoms with Crippen LogP contribution in [0, 0.1) is 17.7 Å². The number of benzene rings is 2. The second kappa shape index (κ2) is 8.93. The van der Waals surface area contributed by atoms with Crippen LogP contribution >= 0.6 is 12.4 Å². The summed E-state index contributed by atoms with van der Waals surface area (Å²) in [6.45, 7) is 5.10. The summed E-state index contributed by atoms with van der Waals surface area (Å²) in [4.78, 5) is 15.1. The predicted octanol–water partition coefficient (Wildman–Crippen LogP) is 3.61. The fourth-order valence-electron chi connectivity index (χ4n) is 4.44. The molecular formula is C22H26ClFN2O2. The molecule has 0 aliphatic carbocycles. The summed E-state index contributed by atoms with van der Waals surface area (Å²) in [6, 6.07) is 14.3. The molecule has 3 atom stereocenters. The number of nitrogens with one attached hydrogen (secondary N) is 1. The van der Waals surface area contributed by atoms with Gasteiger partial charge in [-0.1, -0.05) is 24.3 Å². The summed E-state index contributed by atoms with van der Waals surface area (Å²) in [5.74, 6) is 1.44. The van der Waals surface area contributed by atoms with Crippen LogP contribution in [0.25, 0.3) is 0 Å². The molecule has 0 radical (unpaired) electrons. The topological polar surface area (TPSA) is 41.6 Å². The largest absolute Gasteiger partial charge is 0.494 e. The van der Waals surface area contributed by atoms with Gasteiger partial charge in [-0.15, -0.1) is 12.4 Å². The number of rotatable bonds is 5. The molecule has 28 heavy (non-hydrogen) atoms. The van der Waals surface area contributed by atoms with E-state index < -0.39 is 0 Å². The normalized spacial score (nSPS) is 23.2. The van der Waals surface area contributed by atoms with Crippen LogP contribution in [0.2, 0.25) is 0 Å². The van der Waals surface area contributed by atoms with E-state index in [-0.39, 0.29) is 30.2 Å². The van der Waals surface area contributed by atoms with Crippen molar-refractivity contribution in [2.75, 3.05) is 26.2 Å². The van der Waals surface area contributed by atoms with Gasteiger partial charge in [-0.05, 0) is 48.2 Å². The first-order valence-corrected chi connectivity index (χ1v) is 9.63. The highest BCUT2D eigenvalue weighted by molar-refractivity contribution is 5.85. The highest BCUT2D eigenvalue weighted by Gasteiger charge is 2.46. The Morgan fingerprint density at radius 3 is 2.71 bits per heavy atom. The minimum Gasteiger partial charge on any atom is -0.494 e. The van der Waals surface area contributed by atoms with Crippen LogP contribution in [0.5, 0.6) is 5.75 Å². The Morgan fingerprint density at radius 2 is 2.00 bits per heavy atom. The number of carbonyl (C=O) groups is 1. The molecule has 0 spiro atoms. The van der Waals surface area contributed by atoms with E-state index in [0.717, 1.165) is 36.5 Å². The van der Waals surface area contributed by atoms with Gasteiger partial charge >= 0.3 is 0 Å². The quantitative estimate of drug-likeness (QED) is 0.827. The van der Waals surface area contributed by atoms with Gasteiger partial charge in [0.2, 0.25) is 5.91 Å². The van der Waals surface area contributed by atoms with Crippen LogP contribution < -0.4 is 10.1 Å². The Hall–Kier alpha value is -2.11. The number of fused-ring (bicyclic) bond motifs is 1. The van der Waals surface area contributed by atoms with Crippen molar-refractivity contribution in [3.05, 3.63) is 65.5 Å². The predicted molar refractivity (Wildman–Crippen MR) is 109 cm³/mol. The Balaban J connectivity index is 0.00000225. The zero-order valence-corrected chi connectivity index (χ0v) is 16.8. The minimum atomic E-state index is -0.249. The second-order valence-electron chi connectivity index (χ2n) is 7.38. The third-order valence-corrected chi connectivity index (χ3v) is 5.66.